The number of pyridine rings is 1. The van der Waals surface area contributed by atoms with Crippen LogP contribution in [0.2, 0.25) is 0 Å². The van der Waals surface area contributed by atoms with Crippen molar-refractivity contribution in [3.05, 3.63) is 35.5 Å². The first-order valence-corrected chi connectivity index (χ1v) is 12.6. The number of amides is 1. The predicted molar refractivity (Wildman–Crippen MR) is 138 cm³/mol. The number of carbonyl (C=O) groups excluding carboxylic acids is 2. The lowest BCUT2D eigenvalue weighted by Crippen LogP contribution is -2.42. The number of aromatic amines is 1. The number of aromatic nitrogens is 2. The Hall–Kier alpha value is -2.97. The van der Waals surface area contributed by atoms with Gasteiger partial charge in [0.25, 0.3) is 5.91 Å². The van der Waals surface area contributed by atoms with Crippen LogP contribution in [0.4, 0.5) is 5.82 Å². The molecule has 0 bridgehead atoms. The number of likely N-dealkylation sites (tertiary alicyclic amines) is 1. The lowest BCUT2D eigenvalue weighted by molar-refractivity contribution is -0.111. The van der Waals surface area contributed by atoms with Gasteiger partial charge in [0.15, 0.2) is 0 Å². The predicted octanol–water partition coefficient (Wildman–Crippen LogP) is 3.18. The Kier molecular flexibility index (Phi) is 6.27. The molecule has 0 aliphatic carbocycles. The number of aldehydes is 1. The fourth-order valence-electron chi connectivity index (χ4n) is 5.87. The number of nitrogens with zero attached hydrogens (tertiary/aromatic N) is 3. The number of aliphatic hydroxyl groups is 1. The Morgan fingerprint density at radius 1 is 1.26 bits per heavy atom. The average molecular weight is 478 g/mol. The minimum absolute atomic E-state index is 0.00417. The highest BCUT2D eigenvalue weighted by Gasteiger charge is 2.27. The molecule has 2 fully saturated rings. The van der Waals surface area contributed by atoms with Crippen molar-refractivity contribution in [1.29, 1.82) is 0 Å². The van der Waals surface area contributed by atoms with Crippen LogP contribution in [-0.2, 0) is 4.79 Å². The van der Waals surface area contributed by atoms with E-state index in [2.05, 4.69) is 38.0 Å². The summed E-state index contributed by atoms with van der Waals surface area (Å²) >= 11 is 0. The summed E-state index contributed by atoms with van der Waals surface area (Å²) in [5.74, 6) is 0.739. The molecule has 0 unspecified atom stereocenters. The molecule has 0 saturated carbocycles. The maximum absolute atomic E-state index is 12.2. The first-order valence-electron chi connectivity index (χ1n) is 12.6. The second kappa shape index (κ2) is 9.24. The van der Waals surface area contributed by atoms with Crippen molar-refractivity contribution >= 4 is 39.8 Å². The molecule has 8 heteroatoms. The molecule has 0 radical (unpaired) electrons. The third-order valence-electron chi connectivity index (χ3n) is 7.52. The number of piperidine rings is 2. The molecule has 2 saturated heterocycles. The topological polar surface area (TPSA) is 116 Å². The van der Waals surface area contributed by atoms with Crippen molar-refractivity contribution in [2.45, 2.75) is 51.0 Å². The number of β-amino-alcohol motifs (C(OH)–C–C–N with tert-alkyl or cyclic N) is 1. The van der Waals surface area contributed by atoms with Gasteiger partial charge in [-0.2, -0.15) is 0 Å². The van der Waals surface area contributed by atoms with Crippen molar-refractivity contribution in [1.82, 2.24) is 14.9 Å². The summed E-state index contributed by atoms with van der Waals surface area (Å²) in [6.45, 7) is 7.79. The molecule has 35 heavy (non-hydrogen) atoms. The van der Waals surface area contributed by atoms with Gasteiger partial charge in [0.2, 0.25) is 0 Å². The Bertz CT molecular complexity index is 1250. The lowest BCUT2D eigenvalue weighted by atomic mass is 9.88. The minimum Gasteiger partial charge on any atom is -0.389 e. The molecule has 1 aromatic carbocycles. The zero-order chi connectivity index (χ0) is 24.7. The van der Waals surface area contributed by atoms with Gasteiger partial charge in [0.1, 0.15) is 12.1 Å². The Labute approximate surface area is 205 Å². The highest BCUT2D eigenvalue weighted by Crippen LogP contribution is 2.38. The number of primary amides is 1. The summed E-state index contributed by atoms with van der Waals surface area (Å²) in [5, 5.41) is 12.1. The highest BCUT2D eigenvalue weighted by atomic mass is 16.3. The van der Waals surface area contributed by atoms with E-state index in [1.54, 1.807) is 6.20 Å². The zero-order valence-electron chi connectivity index (χ0n) is 20.6. The lowest BCUT2D eigenvalue weighted by Gasteiger charge is -2.35. The van der Waals surface area contributed by atoms with Crippen LogP contribution in [0.25, 0.3) is 21.8 Å². The number of hydrogen-bond acceptors (Lipinski definition) is 6. The summed E-state index contributed by atoms with van der Waals surface area (Å²) < 4.78 is 0. The molecule has 1 atom stereocenters. The Morgan fingerprint density at radius 2 is 2.03 bits per heavy atom. The van der Waals surface area contributed by atoms with Crippen molar-refractivity contribution in [2.24, 2.45) is 11.7 Å². The molecule has 4 heterocycles. The second-order valence-corrected chi connectivity index (χ2v) is 10.9. The van der Waals surface area contributed by atoms with Crippen LogP contribution in [0.15, 0.2) is 24.4 Å². The molecular weight excluding hydrogens is 442 g/mol. The van der Waals surface area contributed by atoms with Crippen molar-refractivity contribution < 1.29 is 14.7 Å². The molecule has 1 amide bonds. The molecule has 0 spiro atoms. The summed E-state index contributed by atoms with van der Waals surface area (Å²) in [4.78, 5) is 36.3. The van der Waals surface area contributed by atoms with Crippen LogP contribution in [0.1, 0.15) is 61.4 Å². The molecule has 3 aromatic rings. The van der Waals surface area contributed by atoms with Gasteiger partial charge in [0, 0.05) is 42.7 Å². The number of hydrogen-bond donors (Lipinski definition) is 3. The van der Waals surface area contributed by atoms with E-state index in [-0.39, 0.29) is 5.92 Å². The van der Waals surface area contributed by atoms with Gasteiger partial charge in [0.05, 0.1) is 22.1 Å². The van der Waals surface area contributed by atoms with Gasteiger partial charge < -0.3 is 30.4 Å². The third-order valence-corrected chi connectivity index (χ3v) is 7.52. The molecule has 8 nitrogen and oxygen atoms in total. The van der Waals surface area contributed by atoms with Crippen LogP contribution in [0.3, 0.4) is 0 Å². The average Bonchev–Trinajstić information content (AvgIpc) is 3.21. The quantitative estimate of drug-likeness (QED) is 0.470. The minimum atomic E-state index is -0.680. The van der Waals surface area contributed by atoms with Gasteiger partial charge in [-0.05, 0) is 70.2 Å². The van der Waals surface area contributed by atoms with Crippen LogP contribution in [0, 0.1) is 5.92 Å². The number of nitrogens with two attached hydrogens (primary N) is 1. The molecule has 4 N–H and O–H groups in total. The van der Waals surface area contributed by atoms with E-state index in [4.69, 9.17) is 5.73 Å². The molecule has 2 aromatic heterocycles. The van der Waals surface area contributed by atoms with E-state index >= 15 is 0 Å². The maximum atomic E-state index is 12.2. The summed E-state index contributed by atoms with van der Waals surface area (Å²) in [6.07, 6.45) is 6.51. The van der Waals surface area contributed by atoms with E-state index in [1.807, 2.05) is 13.8 Å². The van der Waals surface area contributed by atoms with Gasteiger partial charge >= 0.3 is 0 Å². The second-order valence-electron chi connectivity index (χ2n) is 10.9. The molecule has 5 rings (SSSR count). The largest absolute Gasteiger partial charge is 0.389 e. The standard InChI is InChI=1S/C27H35N5O3/c1-27(2,35)16-31-10-7-18(8-11-31)19-5-6-20-22(12-19)30-24-21(25(28)34)13-29-26(23(20)24)32-9-3-4-17(14-32)15-33/h5-6,12-13,15,17-18,30,35H,3-4,7-11,14,16H2,1-2H3,(H2,28,34)/t17-/m0/s1. The maximum Gasteiger partial charge on any atom is 0.252 e. The zero-order valence-corrected chi connectivity index (χ0v) is 20.6. The molecule has 2 aliphatic rings. The number of benzene rings is 1. The first kappa shape index (κ1) is 23.8. The Balaban J connectivity index is 1.50. The van der Waals surface area contributed by atoms with Crippen LogP contribution >= 0.6 is 0 Å². The van der Waals surface area contributed by atoms with Gasteiger partial charge in [-0.25, -0.2) is 4.98 Å². The van der Waals surface area contributed by atoms with Crippen LogP contribution in [0.5, 0.6) is 0 Å². The van der Waals surface area contributed by atoms with Gasteiger partial charge in [-0.15, -0.1) is 0 Å². The van der Waals surface area contributed by atoms with Crippen LogP contribution in [-0.4, -0.2) is 70.5 Å². The highest BCUT2D eigenvalue weighted by molar-refractivity contribution is 6.18. The summed E-state index contributed by atoms with van der Waals surface area (Å²) in [7, 11) is 0. The SMILES string of the molecule is CC(C)(O)CN1CCC(c2ccc3c(c2)[nH]c2c(C(N)=O)cnc(N4CCC[C@H](C=O)C4)c23)CC1. The number of rotatable bonds is 6. The van der Waals surface area contributed by atoms with E-state index in [9.17, 15) is 14.7 Å². The summed E-state index contributed by atoms with van der Waals surface area (Å²) in [6, 6.07) is 6.52. The third kappa shape index (κ3) is 4.77. The van der Waals surface area contributed by atoms with Crippen LogP contribution < -0.4 is 10.6 Å². The smallest absolute Gasteiger partial charge is 0.252 e. The van der Waals surface area contributed by atoms with Crippen molar-refractivity contribution in [3.8, 4) is 0 Å². The molecular formula is C27H35N5O3. The number of H-pyrrole nitrogens is 1. The van der Waals surface area contributed by atoms with E-state index in [1.165, 1.54) is 5.56 Å². The van der Waals surface area contributed by atoms with Gasteiger partial charge in [-0.3, -0.25) is 4.79 Å². The van der Waals surface area contributed by atoms with Gasteiger partial charge in [-0.1, -0.05) is 12.1 Å². The fraction of sp³-hybridized carbons (Fsp3) is 0.519. The van der Waals surface area contributed by atoms with Crippen molar-refractivity contribution in [2.75, 3.05) is 37.6 Å². The monoisotopic (exact) mass is 477 g/mol. The number of fused-ring (bicyclic) bond motifs is 3. The van der Waals surface area contributed by atoms with Crippen molar-refractivity contribution in [3.63, 3.8) is 0 Å². The summed E-state index contributed by atoms with van der Waals surface area (Å²) in [5.41, 5.74) is 8.35. The molecule has 2 aliphatic heterocycles. The van der Waals surface area contributed by atoms with E-state index in [0.29, 0.717) is 30.1 Å². The molecule has 186 valence electrons. The Morgan fingerprint density at radius 3 is 2.71 bits per heavy atom. The number of carbonyl (C=O) groups is 2. The van der Waals surface area contributed by atoms with E-state index < -0.39 is 11.5 Å². The first-order chi connectivity index (χ1) is 16.7. The fourth-order valence-corrected chi connectivity index (χ4v) is 5.87. The van der Waals surface area contributed by atoms with E-state index in [0.717, 1.165) is 73.7 Å². The number of nitrogens with one attached hydrogen (secondary N) is 1. The normalized spacial score (nSPS) is 20.5. The number of anilines is 1.